The molecule has 1 saturated heterocycles. The average Bonchev–Trinajstić information content (AvgIpc) is 3.66. The van der Waals surface area contributed by atoms with Crippen molar-refractivity contribution in [3.63, 3.8) is 0 Å². The number of hydrogen-bond donors (Lipinski definition) is 2. The maximum atomic E-state index is 13.5. The Balaban J connectivity index is 1.24. The first kappa shape index (κ1) is 21.0. The van der Waals surface area contributed by atoms with Crippen LogP contribution in [-0.2, 0) is 17.2 Å². The molecule has 1 spiro atoms. The lowest BCUT2D eigenvalue weighted by atomic mass is 9.77. The number of piperidine rings is 1. The number of aliphatic hydroxyl groups excluding tert-OH is 1. The van der Waals surface area contributed by atoms with Crippen LogP contribution in [0.4, 0.5) is 11.5 Å². The number of fused-ring (bicyclic) bond motifs is 2. The fourth-order valence-corrected chi connectivity index (χ4v) is 8.18. The standard InChI is InChI=1S/C24H25ClN6O2S/c25-13-8-27-21(28-9-13)18-15-10-31(11-16(15)18)22-14(7-26)19(30-23(12-32)2-1-3-23)20-17(29-22)6-24(4-5-24)34(20)33/h8-9,15-16,18,32H,1-6,10-12H2,(H,29,30). The van der Waals surface area contributed by atoms with Crippen molar-refractivity contribution in [2.75, 3.05) is 29.9 Å². The topological polar surface area (TPSA) is 115 Å². The Bertz CT molecular complexity index is 1250. The molecular weight excluding hydrogens is 472 g/mol. The first-order valence-electron chi connectivity index (χ1n) is 12.0. The van der Waals surface area contributed by atoms with Crippen molar-refractivity contribution < 1.29 is 9.32 Å². The maximum Gasteiger partial charge on any atom is 0.149 e. The van der Waals surface area contributed by atoms with E-state index in [1.807, 2.05) is 0 Å². The van der Waals surface area contributed by atoms with Gasteiger partial charge in [0.1, 0.15) is 23.3 Å². The molecule has 5 aliphatic rings. The van der Waals surface area contributed by atoms with Gasteiger partial charge in [-0.2, -0.15) is 5.26 Å². The number of anilines is 2. The molecule has 7 rings (SSSR count). The number of nitriles is 1. The molecule has 0 radical (unpaired) electrons. The van der Waals surface area contributed by atoms with Gasteiger partial charge in [-0.15, -0.1) is 0 Å². The van der Waals surface area contributed by atoms with Crippen LogP contribution >= 0.6 is 11.6 Å². The largest absolute Gasteiger partial charge is 0.394 e. The molecule has 2 aromatic heterocycles. The predicted octanol–water partition coefficient (Wildman–Crippen LogP) is 2.77. The van der Waals surface area contributed by atoms with Crippen LogP contribution in [0.5, 0.6) is 0 Å². The summed E-state index contributed by atoms with van der Waals surface area (Å²) < 4.78 is 13.3. The van der Waals surface area contributed by atoms with Gasteiger partial charge in [-0.3, -0.25) is 4.21 Å². The second-order valence-corrected chi connectivity index (χ2v) is 12.9. The Labute approximate surface area is 205 Å². The van der Waals surface area contributed by atoms with E-state index >= 15 is 0 Å². The van der Waals surface area contributed by atoms with Crippen LogP contribution in [-0.4, -0.2) is 54.2 Å². The third-order valence-electron chi connectivity index (χ3n) is 8.63. The molecule has 3 atom stereocenters. The van der Waals surface area contributed by atoms with Gasteiger partial charge in [0.2, 0.25) is 0 Å². The van der Waals surface area contributed by atoms with Crippen molar-refractivity contribution in [3.8, 4) is 6.07 Å². The first-order chi connectivity index (χ1) is 16.5. The van der Waals surface area contributed by atoms with Crippen molar-refractivity contribution in [1.82, 2.24) is 15.0 Å². The van der Waals surface area contributed by atoms with Crippen LogP contribution < -0.4 is 10.2 Å². The third kappa shape index (κ3) is 2.91. The average molecular weight is 497 g/mol. The highest BCUT2D eigenvalue weighted by atomic mass is 35.5. The molecule has 0 amide bonds. The molecule has 4 heterocycles. The number of nitrogens with zero attached hydrogens (tertiary/aromatic N) is 5. The summed E-state index contributed by atoms with van der Waals surface area (Å²) in [6.45, 7) is 1.58. The van der Waals surface area contributed by atoms with Gasteiger partial charge < -0.3 is 15.3 Å². The third-order valence-corrected chi connectivity index (χ3v) is 11.0. The molecule has 2 aromatic rings. The molecule has 176 valence electrons. The number of aromatic nitrogens is 3. The molecule has 3 saturated carbocycles. The molecular formula is C24H25ClN6O2S. The number of hydrogen-bond acceptors (Lipinski definition) is 8. The number of halogens is 1. The van der Waals surface area contributed by atoms with Gasteiger partial charge >= 0.3 is 0 Å². The summed E-state index contributed by atoms with van der Waals surface area (Å²) in [7, 11) is -1.18. The summed E-state index contributed by atoms with van der Waals surface area (Å²) in [6, 6.07) is 2.39. The number of aliphatic hydroxyl groups is 1. The first-order valence-corrected chi connectivity index (χ1v) is 13.5. The van der Waals surface area contributed by atoms with Gasteiger partial charge in [0.15, 0.2) is 0 Å². The van der Waals surface area contributed by atoms with E-state index in [0.717, 1.165) is 56.7 Å². The lowest BCUT2D eigenvalue weighted by Gasteiger charge is -2.42. The Morgan fingerprint density at radius 2 is 1.94 bits per heavy atom. The van der Waals surface area contributed by atoms with Crippen LogP contribution in [0.15, 0.2) is 17.3 Å². The number of nitrogens with one attached hydrogen (secondary N) is 1. The minimum Gasteiger partial charge on any atom is -0.394 e. The fraction of sp³-hybridized carbons (Fsp3) is 0.583. The lowest BCUT2D eigenvalue weighted by Crippen LogP contribution is -2.48. The Kier molecular flexibility index (Phi) is 4.41. The minimum absolute atomic E-state index is 0.00128. The monoisotopic (exact) mass is 496 g/mol. The van der Waals surface area contributed by atoms with E-state index < -0.39 is 16.3 Å². The number of rotatable bonds is 5. The Morgan fingerprint density at radius 3 is 2.50 bits per heavy atom. The van der Waals surface area contributed by atoms with Crippen molar-refractivity contribution in [3.05, 3.63) is 34.5 Å². The van der Waals surface area contributed by atoms with Gasteiger partial charge in [0, 0.05) is 37.8 Å². The van der Waals surface area contributed by atoms with Crippen molar-refractivity contribution in [2.24, 2.45) is 11.8 Å². The van der Waals surface area contributed by atoms with Crippen LogP contribution in [0.25, 0.3) is 0 Å². The molecule has 0 bridgehead atoms. The van der Waals surface area contributed by atoms with Crippen LogP contribution in [0.1, 0.15) is 55.1 Å². The fourth-order valence-electron chi connectivity index (χ4n) is 6.23. The van der Waals surface area contributed by atoms with Crippen LogP contribution in [0, 0.1) is 23.2 Å². The van der Waals surface area contributed by atoms with Gasteiger partial charge in [0.25, 0.3) is 0 Å². The van der Waals surface area contributed by atoms with Gasteiger partial charge in [-0.05, 0) is 43.9 Å². The molecule has 2 aliphatic heterocycles. The molecule has 3 aliphatic carbocycles. The van der Waals surface area contributed by atoms with Crippen molar-refractivity contribution >= 4 is 33.9 Å². The zero-order valence-electron chi connectivity index (χ0n) is 18.6. The molecule has 10 heteroatoms. The summed E-state index contributed by atoms with van der Waals surface area (Å²) in [5.74, 6) is 2.71. The predicted molar refractivity (Wildman–Crippen MR) is 127 cm³/mol. The highest BCUT2D eigenvalue weighted by molar-refractivity contribution is 7.87. The minimum atomic E-state index is -1.18. The van der Waals surface area contributed by atoms with E-state index in [-0.39, 0.29) is 11.4 Å². The van der Waals surface area contributed by atoms with Crippen LogP contribution in [0.2, 0.25) is 5.02 Å². The molecule has 4 fully saturated rings. The molecule has 0 aromatic carbocycles. The summed E-state index contributed by atoms with van der Waals surface area (Å²) in [5, 5.41) is 24.4. The van der Waals surface area contributed by atoms with E-state index in [4.69, 9.17) is 16.6 Å². The summed E-state index contributed by atoms with van der Waals surface area (Å²) in [5.41, 5.74) is 1.53. The highest BCUT2D eigenvalue weighted by Crippen LogP contribution is 2.59. The zero-order valence-corrected chi connectivity index (χ0v) is 20.2. The maximum absolute atomic E-state index is 13.5. The van der Waals surface area contributed by atoms with Crippen molar-refractivity contribution in [2.45, 2.75) is 59.6 Å². The molecule has 34 heavy (non-hydrogen) atoms. The zero-order chi connectivity index (χ0) is 23.2. The quantitative estimate of drug-likeness (QED) is 0.649. The van der Waals surface area contributed by atoms with Gasteiger partial charge in [-0.25, -0.2) is 15.0 Å². The van der Waals surface area contributed by atoms with E-state index in [1.54, 1.807) is 12.4 Å². The lowest BCUT2D eigenvalue weighted by molar-refractivity contribution is 0.144. The van der Waals surface area contributed by atoms with Gasteiger partial charge in [0.05, 0.1) is 49.0 Å². The molecule has 8 nitrogen and oxygen atoms in total. The van der Waals surface area contributed by atoms with E-state index in [9.17, 15) is 14.6 Å². The van der Waals surface area contributed by atoms with Gasteiger partial charge in [-0.1, -0.05) is 11.6 Å². The SMILES string of the molecule is N#Cc1c(N2CC3C(C2)C3c2ncc(Cl)cn2)nc2c(c1NC1(CO)CCC1)S(=O)C1(CC1)C2. The van der Waals surface area contributed by atoms with Crippen LogP contribution in [0.3, 0.4) is 0 Å². The van der Waals surface area contributed by atoms with E-state index in [0.29, 0.717) is 51.2 Å². The van der Waals surface area contributed by atoms with E-state index in [2.05, 4.69) is 26.3 Å². The normalized spacial score (nSPS) is 30.9. The van der Waals surface area contributed by atoms with E-state index in [1.165, 1.54) is 0 Å². The molecule has 2 N–H and O–H groups in total. The summed E-state index contributed by atoms with van der Waals surface area (Å²) in [6.07, 6.45) is 8.60. The number of pyridine rings is 1. The summed E-state index contributed by atoms with van der Waals surface area (Å²) in [4.78, 5) is 16.7. The molecule has 3 unspecified atom stereocenters. The Morgan fingerprint density at radius 1 is 1.24 bits per heavy atom. The second kappa shape index (κ2) is 7.12. The van der Waals surface area contributed by atoms with Crippen molar-refractivity contribution in [1.29, 1.82) is 5.26 Å². The second-order valence-electron chi connectivity index (χ2n) is 10.6. The Hall–Kier alpha value is -2.28. The summed E-state index contributed by atoms with van der Waals surface area (Å²) >= 11 is 5.95. The highest BCUT2D eigenvalue weighted by Gasteiger charge is 2.59. The smallest absolute Gasteiger partial charge is 0.149 e.